The van der Waals surface area contributed by atoms with Crippen LogP contribution < -0.4 is 0 Å². The van der Waals surface area contributed by atoms with Crippen LogP contribution >= 0.6 is 0 Å². The minimum atomic E-state index is -0.317. The molecule has 0 aromatic carbocycles. The lowest BCUT2D eigenvalue weighted by Gasteiger charge is -2.20. The van der Waals surface area contributed by atoms with Crippen LogP contribution in [-0.2, 0) is 0 Å². The fourth-order valence-corrected chi connectivity index (χ4v) is 2.56. The standard InChI is InChI=1S/C10H16O2/c1-6-2-5-9(11)8-4-3-7(6)10(8)12/h2,7-12H,3-5H2,1H3/t7-,8+,9+,10+/m1/s1. The van der Waals surface area contributed by atoms with Gasteiger partial charge in [-0.3, -0.25) is 0 Å². The molecule has 0 spiro atoms. The van der Waals surface area contributed by atoms with E-state index in [9.17, 15) is 10.2 Å². The third-order valence-corrected chi connectivity index (χ3v) is 3.42. The molecule has 2 rings (SSSR count). The van der Waals surface area contributed by atoms with Crippen molar-refractivity contribution < 1.29 is 10.2 Å². The van der Waals surface area contributed by atoms with Crippen molar-refractivity contribution in [1.82, 2.24) is 0 Å². The van der Waals surface area contributed by atoms with Crippen molar-refractivity contribution in [3.05, 3.63) is 11.6 Å². The second kappa shape index (κ2) is 2.86. The molecule has 4 atom stereocenters. The van der Waals surface area contributed by atoms with Crippen molar-refractivity contribution in [2.75, 3.05) is 0 Å². The van der Waals surface area contributed by atoms with Gasteiger partial charge in [0.2, 0.25) is 0 Å². The second-order valence-electron chi connectivity index (χ2n) is 4.09. The van der Waals surface area contributed by atoms with Gasteiger partial charge in [-0.2, -0.15) is 0 Å². The molecule has 2 nitrogen and oxygen atoms in total. The van der Waals surface area contributed by atoms with Crippen LogP contribution in [0.3, 0.4) is 0 Å². The highest BCUT2D eigenvalue weighted by atomic mass is 16.3. The third-order valence-electron chi connectivity index (χ3n) is 3.42. The Hall–Kier alpha value is -0.340. The van der Waals surface area contributed by atoms with Gasteiger partial charge in [-0.25, -0.2) is 0 Å². The van der Waals surface area contributed by atoms with Crippen molar-refractivity contribution >= 4 is 0 Å². The lowest BCUT2D eigenvalue weighted by Crippen LogP contribution is -2.28. The fraction of sp³-hybridized carbons (Fsp3) is 0.800. The number of aliphatic hydroxyl groups is 2. The SMILES string of the molecule is CC1=CC[C@H](O)[C@@H]2CC[C@H]1[C@@H]2O. The monoisotopic (exact) mass is 168 g/mol. The van der Waals surface area contributed by atoms with Gasteiger partial charge in [0.1, 0.15) is 0 Å². The molecule has 0 aromatic heterocycles. The van der Waals surface area contributed by atoms with E-state index in [-0.39, 0.29) is 18.1 Å². The Balaban J connectivity index is 2.27. The summed E-state index contributed by atoms with van der Waals surface area (Å²) in [6.07, 6.45) is 4.23. The van der Waals surface area contributed by atoms with E-state index in [0.717, 1.165) is 19.3 Å². The van der Waals surface area contributed by atoms with Crippen molar-refractivity contribution in [1.29, 1.82) is 0 Å². The Morgan fingerprint density at radius 2 is 2.08 bits per heavy atom. The summed E-state index contributed by atoms with van der Waals surface area (Å²) in [5, 5.41) is 19.5. The van der Waals surface area contributed by atoms with Gasteiger partial charge in [0.05, 0.1) is 12.2 Å². The van der Waals surface area contributed by atoms with Gasteiger partial charge in [-0.15, -0.1) is 0 Å². The van der Waals surface area contributed by atoms with Gasteiger partial charge >= 0.3 is 0 Å². The zero-order valence-electron chi connectivity index (χ0n) is 7.40. The van der Waals surface area contributed by atoms with Crippen molar-refractivity contribution in [3.63, 3.8) is 0 Å². The van der Waals surface area contributed by atoms with Gasteiger partial charge in [0.25, 0.3) is 0 Å². The molecule has 2 heteroatoms. The Morgan fingerprint density at radius 3 is 2.83 bits per heavy atom. The largest absolute Gasteiger partial charge is 0.392 e. The Kier molecular flexibility index (Phi) is 1.97. The minimum absolute atomic E-state index is 0.128. The first-order chi connectivity index (χ1) is 5.70. The van der Waals surface area contributed by atoms with E-state index in [2.05, 4.69) is 13.0 Å². The van der Waals surface area contributed by atoms with Gasteiger partial charge in [-0.1, -0.05) is 11.6 Å². The summed E-state index contributed by atoms with van der Waals surface area (Å²) in [5.74, 6) is 0.454. The number of fused-ring (bicyclic) bond motifs is 2. The third kappa shape index (κ3) is 1.10. The lowest BCUT2D eigenvalue weighted by molar-refractivity contribution is 0.0256. The highest BCUT2D eigenvalue weighted by Gasteiger charge is 2.40. The molecule has 0 saturated heterocycles. The topological polar surface area (TPSA) is 40.5 Å². The summed E-state index contributed by atoms with van der Waals surface area (Å²) in [5.41, 5.74) is 1.27. The van der Waals surface area contributed by atoms with Crippen LogP contribution in [0.1, 0.15) is 26.2 Å². The van der Waals surface area contributed by atoms with Crippen molar-refractivity contribution in [2.24, 2.45) is 11.8 Å². The summed E-state index contributed by atoms with van der Waals surface area (Å²) in [6.45, 7) is 2.06. The minimum Gasteiger partial charge on any atom is -0.392 e. The van der Waals surface area contributed by atoms with Crippen LogP contribution in [0.25, 0.3) is 0 Å². The first-order valence-corrected chi connectivity index (χ1v) is 4.73. The number of hydrogen-bond acceptors (Lipinski definition) is 2. The van der Waals surface area contributed by atoms with E-state index >= 15 is 0 Å². The van der Waals surface area contributed by atoms with Gasteiger partial charge < -0.3 is 10.2 Å². The molecule has 68 valence electrons. The van der Waals surface area contributed by atoms with E-state index in [1.807, 2.05) is 0 Å². The molecule has 0 radical (unpaired) electrons. The van der Waals surface area contributed by atoms with E-state index < -0.39 is 0 Å². The van der Waals surface area contributed by atoms with Crippen LogP contribution in [0.15, 0.2) is 11.6 Å². The maximum Gasteiger partial charge on any atom is 0.0658 e. The predicted molar refractivity (Wildman–Crippen MR) is 46.6 cm³/mol. The van der Waals surface area contributed by atoms with E-state index in [0.29, 0.717) is 5.92 Å². The quantitative estimate of drug-likeness (QED) is 0.531. The first-order valence-electron chi connectivity index (χ1n) is 4.73. The Labute approximate surface area is 72.9 Å². The number of aliphatic hydroxyl groups excluding tert-OH is 2. The van der Waals surface area contributed by atoms with Crippen LogP contribution in [0, 0.1) is 11.8 Å². The van der Waals surface area contributed by atoms with E-state index in [1.54, 1.807) is 0 Å². The van der Waals surface area contributed by atoms with Gasteiger partial charge in [0.15, 0.2) is 0 Å². The number of hydrogen-bond donors (Lipinski definition) is 2. The van der Waals surface area contributed by atoms with Gasteiger partial charge in [0, 0.05) is 11.8 Å². The Morgan fingerprint density at radius 1 is 1.33 bits per heavy atom. The molecule has 0 aliphatic heterocycles. The predicted octanol–water partition coefficient (Wildman–Crippen LogP) is 1.08. The molecular formula is C10H16O2. The second-order valence-corrected chi connectivity index (χ2v) is 4.09. The molecule has 1 fully saturated rings. The summed E-state index contributed by atoms with van der Waals surface area (Å²) >= 11 is 0. The maximum absolute atomic E-state index is 9.83. The maximum atomic E-state index is 9.83. The highest BCUT2D eigenvalue weighted by Crippen LogP contribution is 2.40. The molecule has 0 aromatic rings. The molecule has 0 unspecified atom stereocenters. The van der Waals surface area contributed by atoms with Crippen molar-refractivity contribution in [2.45, 2.75) is 38.4 Å². The zero-order valence-corrected chi connectivity index (χ0v) is 7.40. The molecule has 1 saturated carbocycles. The fourth-order valence-electron chi connectivity index (χ4n) is 2.56. The van der Waals surface area contributed by atoms with Crippen molar-refractivity contribution in [3.8, 4) is 0 Å². The summed E-state index contributed by atoms with van der Waals surface area (Å²) in [4.78, 5) is 0. The molecular weight excluding hydrogens is 152 g/mol. The van der Waals surface area contributed by atoms with Gasteiger partial charge in [-0.05, 0) is 26.2 Å². The summed E-state index contributed by atoms with van der Waals surface area (Å²) < 4.78 is 0. The molecule has 2 bridgehead atoms. The van der Waals surface area contributed by atoms with E-state index in [4.69, 9.17) is 0 Å². The molecule has 0 heterocycles. The summed E-state index contributed by atoms with van der Waals surface area (Å²) in [7, 11) is 0. The average Bonchev–Trinajstić information content (AvgIpc) is 2.37. The number of rotatable bonds is 0. The van der Waals surface area contributed by atoms with Crippen LogP contribution in [0.2, 0.25) is 0 Å². The van der Waals surface area contributed by atoms with E-state index in [1.165, 1.54) is 5.57 Å². The Bertz CT molecular complexity index is 210. The first kappa shape index (κ1) is 8.27. The molecule has 2 aliphatic rings. The smallest absolute Gasteiger partial charge is 0.0658 e. The molecule has 2 aliphatic carbocycles. The van der Waals surface area contributed by atoms with Crippen LogP contribution in [0.5, 0.6) is 0 Å². The average molecular weight is 168 g/mol. The molecule has 0 amide bonds. The van der Waals surface area contributed by atoms with Crippen LogP contribution in [0.4, 0.5) is 0 Å². The molecule has 12 heavy (non-hydrogen) atoms. The lowest BCUT2D eigenvalue weighted by atomic mass is 9.95. The highest BCUT2D eigenvalue weighted by molar-refractivity contribution is 5.14. The summed E-state index contributed by atoms with van der Waals surface area (Å²) in [6, 6.07) is 0. The van der Waals surface area contributed by atoms with Crippen LogP contribution in [-0.4, -0.2) is 22.4 Å². The normalized spacial score (nSPS) is 47.1. The molecule has 2 N–H and O–H groups in total. The zero-order chi connectivity index (χ0) is 8.72.